The standard InChI is InChI=1S/C12H17N3O/c1-15-8-7-12(9-15,11(13)16)14-10-5-3-2-4-6-10/h2-6,14H,7-9H2,1H3,(H2,13,16). The van der Waals surface area contributed by atoms with Crippen molar-refractivity contribution in [1.29, 1.82) is 0 Å². The predicted molar refractivity (Wildman–Crippen MR) is 64.1 cm³/mol. The van der Waals surface area contributed by atoms with Crippen molar-refractivity contribution in [3.05, 3.63) is 30.3 Å². The van der Waals surface area contributed by atoms with Crippen LogP contribution in [0.2, 0.25) is 0 Å². The van der Waals surface area contributed by atoms with Gasteiger partial charge in [-0.15, -0.1) is 0 Å². The Kier molecular flexibility index (Phi) is 2.83. The maximum atomic E-state index is 11.6. The number of hydrogen-bond acceptors (Lipinski definition) is 3. The van der Waals surface area contributed by atoms with Crippen LogP contribution in [-0.4, -0.2) is 36.5 Å². The topological polar surface area (TPSA) is 58.4 Å². The fourth-order valence-electron chi connectivity index (χ4n) is 2.16. The molecule has 1 atom stereocenters. The lowest BCUT2D eigenvalue weighted by atomic mass is 9.97. The largest absolute Gasteiger partial charge is 0.370 e. The van der Waals surface area contributed by atoms with Gasteiger partial charge in [0.2, 0.25) is 5.91 Å². The molecular weight excluding hydrogens is 202 g/mol. The third-order valence-corrected chi connectivity index (χ3v) is 3.09. The highest BCUT2D eigenvalue weighted by molar-refractivity contribution is 5.88. The first-order chi connectivity index (χ1) is 7.62. The van der Waals surface area contributed by atoms with E-state index in [0.29, 0.717) is 6.54 Å². The van der Waals surface area contributed by atoms with Gasteiger partial charge in [0.05, 0.1) is 0 Å². The number of likely N-dealkylation sites (tertiary alicyclic amines) is 1. The molecule has 1 aromatic carbocycles. The number of amides is 1. The summed E-state index contributed by atoms with van der Waals surface area (Å²) in [7, 11) is 2.00. The lowest BCUT2D eigenvalue weighted by molar-refractivity contribution is -0.121. The summed E-state index contributed by atoms with van der Waals surface area (Å²) in [5.41, 5.74) is 5.84. The summed E-state index contributed by atoms with van der Waals surface area (Å²) in [6.45, 7) is 1.56. The van der Waals surface area contributed by atoms with E-state index in [1.165, 1.54) is 0 Å². The molecule has 0 bridgehead atoms. The van der Waals surface area contributed by atoms with Gasteiger partial charge in [-0.25, -0.2) is 0 Å². The van der Waals surface area contributed by atoms with E-state index in [1.54, 1.807) is 0 Å². The van der Waals surface area contributed by atoms with Gasteiger partial charge in [-0.3, -0.25) is 4.79 Å². The van der Waals surface area contributed by atoms with Crippen LogP contribution >= 0.6 is 0 Å². The summed E-state index contributed by atoms with van der Waals surface area (Å²) in [6.07, 6.45) is 0.758. The fourth-order valence-corrected chi connectivity index (χ4v) is 2.16. The van der Waals surface area contributed by atoms with Crippen molar-refractivity contribution in [3.63, 3.8) is 0 Å². The lowest BCUT2D eigenvalue weighted by Gasteiger charge is -2.27. The third kappa shape index (κ3) is 2.02. The van der Waals surface area contributed by atoms with Gasteiger partial charge in [-0.2, -0.15) is 0 Å². The molecule has 1 aromatic rings. The molecule has 0 saturated carbocycles. The molecule has 0 radical (unpaired) electrons. The van der Waals surface area contributed by atoms with Gasteiger partial charge >= 0.3 is 0 Å². The fraction of sp³-hybridized carbons (Fsp3) is 0.417. The Labute approximate surface area is 95.4 Å². The van der Waals surface area contributed by atoms with Crippen molar-refractivity contribution >= 4 is 11.6 Å². The van der Waals surface area contributed by atoms with E-state index in [1.807, 2.05) is 37.4 Å². The molecule has 1 aliphatic rings. The second-order valence-corrected chi connectivity index (χ2v) is 4.43. The van der Waals surface area contributed by atoms with Crippen LogP contribution in [0.5, 0.6) is 0 Å². The van der Waals surface area contributed by atoms with Gasteiger partial charge in [0.25, 0.3) is 0 Å². The molecule has 1 unspecified atom stereocenters. The van der Waals surface area contributed by atoms with Crippen molar-refractivity contribution in [1.82, 2.24) is 4.90 Å². The van der Waals surface area contributed by atoms with Crippen molar-refractivity contribution in [2.45, 2.75) is 12.0 Å². The summed E-state index contributed by atoms with van der Waals surface area (Å²) in [5.74, 6) is -0.277. The Morgan fingerprint density at radius 1 is 1.44 bits per heavy atom. The van der Waals surface area contributed by atoms with Crippen LogP contribution in [0.3, 0.4) is 0 Å². The molecule has 1 amide bonds. The zero-order valence-corrected chi connectivity index (χ0v) is 9.44. The quantitative estimate of drug-likeness (QED) is 0.785. The maximum Gasteiger partial charge on any atom is 0.244 e. The smallest absolute Gasteiger partial charge is 0.244 e. The second-order valence-electron chi connectivity index (χ2n) is 4.43. The number of carbonyl (C=O) groups is 1. The number of para-hydroxylation sites is 1. The normalized spacial score (nSPS) is 25.6. The first-order valence-electron chi connectivity index (χ1n) is 5.44. The Balaban J connectivity index is 2.19. The predicted octanol–water partition coefficient (Wildman–Crippen LogP) is 0.658. The highest BCUT2D eigenvalue weighted by Gasteiger charge is 2.42. The molecule has 16 heavy (non-hydrogen) atoms. The van der Waals surface area contributed by atoms with Crippen LogP contribution in [-0.2, 0) is 4.79 Å². The molecule has 0 aliphatic carbocycles. The monoisotopic (exact) mass is 219 g/mol. The van der Waals surface area contributed by atoms with E-state index in [2.05, 4.69) is 10.2 Å². The Morgan fingerprint density at radius 3 is 2.62 bits per heavy atom. The van der Waals surface area contributed by atoms with Crippen LogP contribution in [0.1, 0.15) is 6.42 Å². The lowest BCUT2D eigenvalue weighted by Crippen LogP contribution is -2.52. The highest BCUT2D eigenvalue weighted by atomic mass is 16.1. The van der Waals surface area contributed by atoms with Crippen LogP contribution in [0, 0.1) is 0 Å². The third-order valence-electron chi connectivity index (χ3n) is 3.09. The summed E-state index contributed by atoms with van der Waals surface area (Å²) in [6, 6.07) is 9.72. The van der Waals surface area contributed by atoms with Gasteiger partial charge in [-0.05, 0) is 25.6 Å². The average molecular weight is 219 g/mol. The summed E-state index contributed by atoms with van der Waals surface area (Å²) in [5, 5.41) is 3.27. The molecule has 1 aliphatic heterocycles. The van der Waals surface area contributed by atoms with E-state index < -0.39 is 5.54 Å². The SMILES string of the molecule is CN1CCC(Nc2ccccc2)(C(N)=O)C1. The minimum atomic E-state index is -0.615. The molecule has 1 fully saturated rings. The maximum absolute atomic E-state index is 11.6. The number of nitrogens with zero attached hydrogens (tertiary/aromatic N) is 1. The van der Waals surface area contributed by atoms with Crippen LogP contribution in [0.25, 0.3) is 0 Å². The molecule has 86 valence electrons. The number of anilines is 1. The highest BCUT2D eigenvalue weighted by Crippen LogP contribution is 2.24. The van der Waals surface area contributed by atoms with Crippen LogP contribution in [0.15, 0.2) is 30.3 Å². The van der Waals surface area contributed by atoms with E-state index in [4.69, 9.17) is 5.73 Å². The zero-order chi connectivity index (χ0) is 11.6. The van der Waals surface area contributed by atoms with Gasteiger partial charge < -0.3 is 16.0 Å². The summed E-state index contributed by atoms with van der Waals surface area (Å²) < 4.78 is 0. The number of hydrogen-bond donors (Lipinski definition) is 2. The Morgan fingerprint density at radius 2 is 2.12 bits per heavy atom. The Bertz CT molecular complexity index is 379. The molecule has 0 spiro atoms. The number of nitrogens with one attached hydrogen (secondary N) is 1. The average Bonchev–Trinajstić information content (AvgIpc) is 2.63. The molecule has 2 rings (SSSR count). The molecule has 1 saturated heterocycles. The minimum Gasteiger partial charge on any atom is -0.370 e. The van der Waals surface area contributed by atoms with E-state index >= 15 is 0 Å². The molecular formula is C12H17N3O. The van der Waals surface area contributed by atoms with Gasteiger partial charge in [0.1, 0.15) is 5.54 Å². The Hall–Kier alpha value is -1.55. The van der Waals surface area contributed by atoms with Crippen LogP contribution < -0.4 is 11.1 Å². The minimum absolute atomic E-state index is 0.277. The number of rotatable bonds is 3. The first-order valence-corrected chi connectivity index (χ1v) is 5.44. The van der Waals surface area contributed by atoms with Gasteiger partial charge in [-0.1, -0.05) is 18.2 Å². The van der Waals surface area contributed by atoms with Crippen molar-refractivity contribution in [3.8, 4) is 0 Å². The molecule has 4 heteroatoms. The molecule has 3 N–H and O–H groups in total. The number of likely N-dealkylation sites (N-methyl/N-ethyl adjacent to an activating group) is 1. The van der Waals surface area contributed by atoms with Crippen molar-refractivity contribution in [2.75, 3.05) is 25.5 Å². The summed E-state index contributed by atoms with van der Waals surface area (Å²) in [4.78, 5) is 13.7. The number of nitrogens with two attached hydrogens (primary N) is 1. The number of primary amides is 1. The van der Waals surface area contributed by atoms with Gasteiger partial charge in [0, 0.05) is 18.8 Å². The first kappa shape index (κ1) is 11.0. The summed E-state index contributed by atoms with van der Waals surface area (Å²) >= 11 is 0. The molecule has 4 nitrogen and oxygen atoms in total. The van der Waals surface area contributed by atoms with Crippen LogP contribution in [0.4, 0.5) is 5.69 Å². The van der Waals surface area contributed by atoms with Gasteiger partial charge in [0.15, 0.2) is 0 Å². The van der Waals surface area contributed by atoms with Crippen molar-refractivity contribution < 1.29 is 4.79 Å². The number of carbonyl (C=O) groups excluding carboxylic acids is 1. The molecule has 1 heterocycles. The van der Waals surface area contributed by atoms with Crippen molar-refractivity contribution in [2.24, 2.45) is 5.73 Å². The molecule has 0 aromatic heterocycles. The zero-order valence-electron chi connectivity index (χ0n) is 9.44. The number of benzene rings is 1. The second kappa shape index (κ2) is 4.14. The van der Waals surface area contributed by atoms with E-state index in [0.717, 1.165) is 18.7 Å². The van der Waals surface area contributed by atoms with E-state index in [9.17, 15) is 4.79 Å². The van der Waals surface area contributed by atoms with E-state index in [-0.39, 0.29) is 5.91 Å².